The molecule has 0 saturated heterocycles. The van der Waals surface area contributed by atoms with Gasteiger partial charge in [0.05, 0.1) is 17.8 Å². The van der Waals surface area contributed by atoms with E-state index in [1.807, 2.05) is 49.4 Å². The molecule has 2 heterocycles. The molecule has 4 nitrogen and oxygen atoms in total. The fraction of sp³-hybridized carbons (Fsp3) is 0.118. The molecule has 1 N–H and O–H groups in total. The molecular weight excluding hydrogens is 260 g/mol. The lowest BCUT2D eigenvalue weighted by molar-refractivity contribution is 1.02. The second kappa shape index (κ2) is 5.59. The third-order valence-corrected chi connectivity index (χ3v) is 3.24. The Balaban J connectivity index is 1.94. The van der Waals surface area contributed by atoms with Gasteiger partial charge in [-0.15, -0.1) is 0 Å². The Kier molecular flexibility index (Phi) is 3.48. The smallest absolute Gasteiger partial charge is 0.143 e. The van der Waals surface area contributed by atoms with Gasteiger partial charge in [0, 0.05) is 16.8 Å². The monoisotopic (exact) mass is 274 g/mol. The SMILES string of the molecule is Cc1cccc(CNc2cc(C#N)nc3ccccc23)n1. The maximum atomic E-state index is 9.09. The van der Waals surface area contributed by atoms with Crippen LogP contribution in [0, 0.1) is 18.3 Å². The van der Waals surface area contributed by atoms with Crippen LogP contribution in [-0.4, -0.2) is 9.97 Å². The predicted octanol–water partition coefficient (Wildman–Crippen LogP) is 3.42. The van der Waals surface area contributed by atoms with Gasteiger partial charge in [-0.2, -0.15) is 5.26 Å². The molecule has 1 aromatic carbocycles. The zero-order valence-electron chi connectivity index (χ0n) is 11.7. The molecule has 4 heteroatoms. The molecule has 0 aliphatic carbocycles. The summed E-state index contributed by atoms with van der Waals surface area (Å²) in [5.74, 6) is 0. The Hall–Kier alpha value is -2.93. The van der Waals surface area contributed by atoms with Gasteiger partial charge in [0.25, 0.3) is 0 Å². The summed E-state index contributed by atoms with van der Waals surface area (Å²) in [5.41, 5.74) is 4.09. The van der Waals surface area contributed by atoms with Crippen LogP contribution in [-0.2, 0) is 6.54 Å². The molecule has 3 rings (SSSR count). The highest BCUT2D eigenvalue weighted by molar-refractivity contribution is 5.91. The number of para-hydroxylation sites is 1. The predicted molar refractivity (Wildman–Crippen MR) is 82.8 cm³/mol. The molecule has 2 aromatic heterocycles. The maximum absolute atomic E-state index is 9.09. The van der Waals surface area contributed by atoms with Crippen LogP contribution >= 0.6 is 0 Å². The van der Waals surface area contributed by atoms with Crippen molar-refractivity contribution in [3.8, 4) is 6.07 Å². The summed E-state index contributed by atoms with van der Waals surface area (Å²) >= 11 is 0. The number of nitrogens with zero attached hydrogens (tertiary/aromatic N) is 3. The Morgan fingerprint density at radius 3 is 2.76 bits per heavy atom. The Morgan fingerprint density at radius 2 is 1.95 bits per heavy atom. The van der Waals surface area contributed by atoms with Crippen LogP contribution in [0.25, 0.3) is 10.9 Å². The summed E-state index contributed by atoms with van der Waals surface area (Å²) in [6.07, 6.45) is 0. The van der Waals surface area contributed by atoms with Crippen LogP contribution in [0.15, 0.2) is 48.5 Å². The van der Waals surface area contributed by atoms with Gasteiger partial charge in [-0.1, -0.05) is 24.3 Å². The maximum Gasteiger partial charge on any atom is 0.143 e. The summed E-state index contributed by atoms with van der Waals surface area (Å²) < 4.78 is 0. The number of nitriles is 1. The number of benzene rings is 1. The number of aryl methyl sites for hydroxylation is 1. The fourth-order valence-corrected chi connectivity index (χ4v) is 2.26. The number of aromatic nitrogens is 2. The van der Waals surface area contributed by atoms with E-state index in [1.54, 1.807) is 6.07 Å². The van der Waals surface area contributed by atoms with E-state index < -0.39 is 0 Å². The van der Waals surface area contributed by atoms with Gasteiger partial charge in [0.1, 0.15) is 11.8 Å². The van der Waals surface area contributed by atoms with Crippen LogP contribution in [0.1, 0.15) is 17.1 Å². The summed E-state index contributed by atoms with van der Waals surface area (Å²) in [7, 11) is 0. The standard InChI is InChI=1S/C17H14N4/c1-12-5-4-6-13(20-12)11-19-17-9-14(10-18)21-16-8-3-2-7-15(16)17/h2-9H,11H2,1H3,(H,19,21). The van der Waals surface area contributed by atoms with Crippen molar-refractivity contribution in [1.82, 2.24) is 9.97 Å². The van der Waals surface area contributed by atoms with Crippen molar-refractivity contribution in [1.29, 1.82) is 5.26 Å². The molecule has 0 amide bonds. The first kappa shape index (κ1) is 13.1. The molecule has 0 fully saturated rings. The van der Waals surface area contributed by atoms with E-state index in [-0.39, 0.29) is 0 Å². The Morgan fingerprint density at radius 1 is 1.10 bits per heavy atom. The van der Waals surface area contributed by atoms with E-state index in [0.29, 0.717) is 12.2 Å². The number of pyridine rings is 2. The lowest BCUT2D eigenvalue weighted by Crippen LogP contribution is -2.03. The lowest BCUT2D eigenvalue weighted by atomic mass is 10.1. The van der Waals surface area contributed by atoms with E-state index in [1.165, 1.54) is 0 Å². The van der Waals surface area contributed by atoms with Gasteiger partial charge in [-0.3, -0.25) is 4.98 Å². The van der Waals surface area contributed by atoms with E-state index in [0.717, 1.165) is 28.0 Å². The topological polar surface area (TPSA) is 61.6 Å². The average Bonchev–Trinajstić information content (AvgIpc) is 2.52. The van der Waals surface area contributed by atoms with Crippen molar-refractivity contribution in [3.63, 3.8) is 0 Å². The van der Waals surface area contributed by atoms with Crippen molar-refractivity contribution in [3.05, 3.63) is 65.6 Å². The van der Waals surface area contributed by atoms with Crippen molar-refractivity contribution >= 4 is 16.6 Å². The van der Waals surface area contributed by atoms with Gasteiger partial charge in [-0.05, 0) is 31.2 Å². The molecule has 0 radical (unpaired) electrons. The average molecular weight is 274 g/mol. The number of anilines is 1. The van der Waals surface area contributed by atoms with Crippen molar-refractivity contribution < 1.29 is 0 Å². The summed E-state index contributed by atoms with van der Waals surface area (Å²) in [6, 6.07) is 17.6. The van der Waals surface area contributed by atoms with Crippen molar-refractivity contribution in [2.75, 3.05) is 5.32 Å². The molecular formula is C17H14N4. The van der Waals surface area contributed by atoms with Crippen molar-refractivity contribution in [2.45, 2.75) is 13.5 Å². The molecule has 0 aliphatic rings. The quantitative estimate of drug-likeness (QED) is 0.795. The van der Waals surface area contributed by atoms with Gasteiger partial charge < -0.3 is 5.32 Å². The normalized spacial score (nSPS) is 10.3. The second-order valence-electron chi connectivity index (χ2n) is 4.81. The first-order valence-corrected chi connectivity index (χ1v) is 6.72. The number of fused-ring (bicyclic) bond motifs is 1. The molecule has 0 unspecified atom stereocenters. The van der Waals surface area contributed by atoms with E-state index in [2.05, 4.69) is 21.4 Å². The first-order chi connectivity index (χ1) is 10.3. The van der Waals surface area contributed by atoms with E-state index in [9.17, 15) is 0 Å². The van der Waals surface area contributed by atoms with Gasteiger partial charge in [-0.25, -0.2) is 4.98 Å². The minimum Gasteiger partial charge on any atom is -0.379 e. The zero-order valence-corrected chi connectivity index (χ0v) is 11.7. The van der Waals surface area contributed by atoms with Crippen LogP contribution < -0.4 is 5.32 Å². The highest BCUT2D eigenvalue weighted by Crippen LogP contribution is 2.23. The lowest BCUT2D eigenvalue weighted by Gasteiger charge is -2.10. The van der Waals surface area contributed by atoms with Crippen LogP contribution in [0.2, 0.25) is 0 Å². The summed E-state index contributed by atoms with van der Waals surface area (Å²) in [4.78, 5) is 8.77. The van der Waals surface area contributed by atoms with Gasteiger partial charge in [0.2, 0.25) is 0 Å². The fourth-order valence-electron chi connectivity index (χ4n) is 2.26. The zero-order chi connectivity index (χ0) is 14.7. The van der Waals surface area contributed by atoms with E-state index in [4.69, 9.17) is 5.26 Å². The third-order valence-electron chi connectivity index (χ3n) is 3.24. The Labute approximate surface area is 123 Å². The summed E-state index contributed by atoms with van der Waals surface area (Å²) in [6.45, 7) is 2.58. The molecule has 0 aliphatic heterocycles. The molecule has 21 heavy (non-hydrogen) atoms. The highest BCUT2D eigenvalue weighted by Gasteiger charge is 2.05. The molecule has 3 aromatic rings. The molecule has 0 atom stereocenters. The van der Waals surface area contributed by atoms with Crippen LogP contribution in [0.4, 0.5) is 5.69 Å². The minimum absolute atomic E-state index is 0.411. The first-order valence-electron chi connectivity index (χ1n) is 6.72. The number of rotatable bonds is 3. The second-order valence-corrected chi connectivity index (χ2v) is 4.81. The van der Waals surface area contributed by atoms with Crippen molar-refractivity contribution in [2.24, 2.45) is 0 Å². The number of hydrogen-bond acceptors (Lipinski definition) is 4. The third kappa shape index (κ3) is 2.82. The molecule has 0 spiro atoms. The van der Waals surface area contributed by atoms with Crippen LogP contribution in [0.3, 0.4) is 0 Å². The Bertz CT molecular complexity index is 834. The van der Waals surface area contributed by atoms with Gasteiger partial charge in [0.15, 0.2) is 0 Å². The number of hydrogen-bond donors (Lipinski definition) is 1. The van der Waals surface area contributed by atoms with E-state index >= 15 is 0 Å². The molecule has 0 bridgehead atoms. The largest absolute Gasteiger partial charge is 0.379 e. The highest BCUT2D eigenvalue weighted by atomic mass is 14.9. The summed E-state index contributed by atoms with van der Waals surface area (Å²) in [5, 5.41) is 13.4. The minimum atomic E-state index is 0.411. The van der Waals surface area contributed by atoms with Gasteiger partial charge >= 0.3 is 0 Å². The molecule has 0 saturated carbocycles. The van der Waals surface area contributed by atoms with Crippen LogP contribution in [0.5, 0.6) is 0 Å². The molecule has 102 valence electrons. The number of nitrogens with one attached hydrogen (secondary N) is 1.